The monoisotopic (exact) mass is 422 g/mol. The number of ketones is 3. The second-order valence-corrected chi connectivity index (χ2v) is 10.7. The van der Waals surface area contributed by atoms with Gasteiger partial charge in [0, 0.05) is 55.5 Å². The van der Waals surface area contributed by atoms with Gasteiger partial charge >= 0.3 is 0 Å². The normalized spacial score (nSPS) is 33.9. The van der Waals surface area contributed by atoms with E-state index in [4.69, 9.17) is 14.2 Å². The molecule has 2 saturated carbocycles. The maximum atomic E-state index is 12.9. The highest BCUT2D eigenvalue weighted by molar-refractivity contribution is 5.92. The van der Waals surface area contributed by atoms with E-state index in [9.17, 15) is 14.4 Å². The SMILES string of the molecule is COCC(CC(=O)CCC1C(=O)CCC2(C)C(=O)CCC12)C1(C)OCC(C)(C)CO1. The van der Waals surface area contributed by atoms with Crippen LogP contribution in [0.1, 0.15) is 72.6 Å². The van der Waals surface area contributed by atoms with Crippen molar-refractivity contribution in [2.45, 2.75) is 78.4 Å². The van der Waals surface area contributed by atoms with Gasteiger partial charge < -0.3 is 14.2 Å². The van der Waals surface area contributed by atoms with Crippen molar-refractivity contribution in [3.8, 4) is 0 Å². The third-order valence-electron chi connectivity index (χ3n) is 7.74. The van der Waals surface area contributed by atoms with Gasteiger partial charge in [-0.25, -0.2) is 0 Å². The molecule has 1 heterocycles. The molecule has 3 fully saturated rings. The van der Waals surface area contributed by atoms with Crippen LogP contribution in [0.4, 0.5) is 0 Å². The zero-order valence-corrected chi connectivity index (χ0v) is 19.3. The molecule has 4 atom stereocenters. The van der Waals surface area contributed by atoms with Crippen LogP contribution in [0, 0.1) is 28.6 Å². The van der Waals surface area contributed by atoms with Crippen LogP contribution in [0.25, 0.3) is 0 Å². The lowest BCUT2D eigenvalue weighted by atomic mass is 9.62. The summed E-state index contributed by atoms with van der Waals surface area (Å²) >= 11 is 0. The molecule has 170 valence electrons. The molecule has 3 aliphatic rings. The Morgan fingerprint density at radius 3 is 2.43 bits per heavy atom. The Kier molecular flexibility index (Phi) is 6.90. The molecule has 0 aromatic heterocycles. The fraction of sp³-hybridized carbons (Fsp3) is 0.875. The van der Waals surface area contributed by atoms with Crippen LogP contribution in [-0.4, -0.2) is 50.1 Å². The lowest BCUT2D eigenvalue weighted by molar-refractivity contribution is -0.316. The topological polar surface area (TPSA) is 78.9 Å². The van der Waals surface area contributed by atoms with Crippen LogP contribution in [0.5, 0.6) is 0 Å². The fourth-order valence-corrected chi connectivity index (χ4v) is 5.51. The molecule has 1 aliphatic heterocycles. The summed E-state index contributed by atoms with van der Waals surface area (Å²) in [4.78, 5) is 37.9. The van der Waals surface area contributed by atoms with Crippen molar-refractivity contribution in [3.05, 3.63) is 0 Å². The Hall–Kier alpha value is -1.11. The van der Waals surface area contributed by atoms with E-state index in [-0.39, 0.29) is 40.2 Å². The number of methoxy groups -OCH3 is 1. The predicted octanol–water partition coefficient (Wildman–Crippen LogP) is 3.74. The third kappa shape index (κ3) is 4.71. The molecule has 0 amide bonds. The smallest absolute Gasteiger partial charge is 0.170 e. The number of ether oxygens (including phenoxy) is 3. The minimum atomic E-state index is -0.849. The summed E-state index contributed by atoms with van der Waals surface area (Å²) in [5, 5.41) is 0. The van der Waals surface area contributed by atoms with E-state index in [1.807, 2.05) is 13.8 Å². The second-order valence-electron chi connectivity index (χ2n) is 10.7. The molecule has 0 aromatic carbocycles. The Labute approximate surface area is 180 Å². The first kappa shape index (κ1) is 23.6. The number of fused-ring (bicyclic) bond motifs is 1. The number of carbonyl (C=O) groups excluding carboxylic acids is 3. The van der Waals surface area contributed by atoms with Gasteiger partial charge in [0.05, 0.1) is 19.8 Å². The predicted molar refractivity (Wildman–Crippen MR) is 112 cm³/mol. The lowest BCUT2D eigenvalue weighted by Gasteiger charge is -2.45. The highest BCUT2D eigenvalue weighted by atomic mass is 16.7. The van der Waals surface area contributed by atoms with Gasteiger partial charge in [0.15, 0.2) is 5.79 Å². The summed E-state index contributed by atoms with van der Waals surface area (Å²) in [5.41, 5.74) is -0.419. The molecule has 0 spiro atoms. The molecule has 6 nitrogen and oxygen atoms in total. The molecule has 3 rings (SSSR count). The van der Waals surface area contributed by atoms with Crippen LogP contribution < -0.4 is 0 Å². The highest BCUT2D eigenvalue weighted by Gasteiger charge is 2.53. The summed E-state index contributed by atoms with van der Waals surface area (Å²) in [7, 11) is 1.62. The van der Waals surface area contributed by atoms with Crippen LogP contribution >= 0.6 is 0 Å². The Morgan fingerprint density at radius 1 is 1.13 bits per heavy atom. The van der Waals surface area contributed by atoms with Crippen molar-refractivity contribution in [2.24, 2.45) is 28.6 Å². The highest BCUT2D eigenvalue weighted by Crippen LogP contribution is 2.52. The maximum absolute atomic E-state index is 12.9. The molecule has 4 unspecified atom stereocenters. The van der Waals surface area contributed by atoms with Gasteiger partial charge in [-0.05, 0) is 32.1 Å². The Morgan fingerprint density at radius 2 is 1.80 bits per heavy atom. The van der Waals surface area contributed by atoms with Crippen molar-refractivity contribution in [3.63, 3.8) is 0 Å². The first-order valence-corrected chi connectivity index (χ1v) is 11.4. The van der Waals surface area contributed by atoms with Gasteiger partial charge in [0.1, 0.15) is 17.3 Å². The van der Waals surface area contributed by atoms with Gasteiger partial charge in [0.25, 0.3) is 0 Å². The molecule has 0 radical (unpaired) electrons. The van der Waals surface area contributed by atoms with E-state index < -0.39 is 5.79 Å². The molecule has 1 saturated heterocycles. The van der Waals surface area contributed by atoms with Gasteiger partial charge in [0.2, 0.25) is 0 Å². The number of rotatable bonds is 8. The van der Waals surface area contributed by atoms with Crippen molar-refractivity contribution in [1.29, 1.82) is 0 Å². The Balaban J connectivity index is 1.59. The van der Waals surface area contributed by atoms with Crippen molar-refractivity contribution < 1.29 is 28.6 Å². The summed E-state index contributed by atoms with van der Waals surface area (Å²) in [6, 6.07) is 0. The number of Topliss-reactive ketones (excluding diaryl/α,β-unsaturated/α-hetero) is 3. The largest absolute Gasteiger partial charge is 0.384 e. The summed E-state index contributed by atoms with van der Waals surface area (Å²) in [6.07, 6.45) is 3.65. The van der Waals surface area contributed by atoms with Crippen molar-refractivity contribution >= 4 is 17.3 Å². The van der Waals surface area contributed by atoms with Gasteiger partial charge in [-0.3, -0.25) is 14.4 Å². The maximum Gasteiger partial charge on any atom is 0.170 e. The van der Waals surface area contributed by atoms with Crippen LogP contribution in [-0.2, 0) is 28.6 Å². The van der Waals surface area contributed by atoms with Gasteiger partial charge in [-0.1, -0.05) is 20.8 Å². The van der Waals surface area contributed by atoms with E-state index in [0.29, 0.717) is 64.1 Å². The van der Waals surface area contributed by atoms with Crippen LogP contribution in [0.2, 0.25) is 0 Å². The molecular weight excluding hydrogens is 384 g/mol. The summed E-state index contributed by atoms with van der Waals surface area (Å²) in [6.45, 7) is 9.60. The van der Waals surface area contributed by atoms with Crippen LogP contribution in [0.15, 0.2) is 0 Å². The van der Waals surface area contributed by atoms with E-state index >= 15 is 0 Å². The Bertz CT molecular complexity index is 673. The fourth-order valence-electron chi connectivity index (χ4n) is 5.51. The first-order chi connectivity index (χ1) is 14.0. The first-order valence-electron chi connectivity index (χ1n) is 11.4. The molecule has 30 heavy (non-hydrogen) atoms. The minimum Gasteiger partial charge on any atom is -0.384 e. The molecule has 0 bridgehead atoms. The molecule has 0 N–H and O–H groups in total. The molecule has 6 heteroatoms. The van der Waals surface area contributed by atoms with Crippen molar-refractivity contribution in [2.75, 3.05) is 26.9 Å². The standard InChI is InChI=1S/C24H38O6/c1-22(2)14-29-24(4,30-15-22)16(13-28-5)12-17(25)6-7-18-19-8-9-21(27)23(19,3)11-10-20(18)26/h16,18-19H,6-15H2,1-5H3. The zero-order chi connectivity index (χ0) is 22.2. The zero-order valence-electron chi connectivity index (χ0n) is 19.3. The summed E-state index contributed by atoms with van der Waals surface area (Å²) in [5.74, 6) is -0.512. The van der Waals surface area contributed by atoms with Crippen LogP contribution in [0.3, 0.4) is 0 Å². The number of hydrogen-bond acceptors (Lipinski definition) is 6. The van der Waals surface area contributed by atoms with Gasteiger partial charge in [-0.15, -0.1) is 0 Å². The van der Waals surface area contributed by atoms with E-state index in [1.165, 1.54) is 0 Å². The van der Waals surface area contributed by atoms with Crippen molar-refractivity contribution in [1.82, 2.24) is 0 Å². The second kappa shape index (κ2) is 8.79. The lowest BCUT2D eigenvalue weighted by Crippen LogP contribution is -2.51. The van der Waals surface area contributed by atoms with E-state index in [0.717, 1.165) is 6.42 Å². The van der Waals surface area contributed by atoms with Gasteiger partial charge in [-0.2, -0.15) is 0 Å². The van der Waals surface area contributed by atoms with E-state index in [1.54, 1.807) is 7.11 Å². The van der Waals surface area contributed by atoms with E-state index in [2.05, 4.69) is 13.8 Å². The molecular formula is C24H38O6. The quantitative estimate of drug-likeness (QED) is 0.593. The summed E-state index contributed by atoms with van der Waals surface area (Å²) < 4.78 is 17.5. The number of hydrogen-bond donors (Lipinski definition) is 0. The minimum absolute atomic E-state index is 0.0478. The molecule has 2 aliphatic carbocycles. The molecule has 0 aromatic rings. The average Bonchev–Trinajstić information content (AvgIpc) is 2.99. The third-order valence-corrected chi connectivity index (χ3v) is 7.74. The number of carbonyl (C=O) groups is 3. The average molecular weight is 423 g/mol.